The molecule has 1 fully saturated rings. The normalized spacial score (nSPS) is 16.7. The fourth-order valence-electron chi connectivity index (χ4n) is 1.44. The lowest BCUT2D eigenvalue weighted by Crippen LogP contribution is -2.40. The van der Waals surface area contributed by atoms with Gasteiger partial charge in [0.1, 0.15) is 0 Å². The highest BCUT2D eigenvalue weighted by Gasteiger charge is 2.17. The van der Waals surface area contributed by atoms with Gasteiger partial charge in [-0.15, -0.1) is 0 Å². The van der Waals surface area contributed by atoms with Crippen LogP contribution in [-0.2, 0) is 4.74 Å². The molecule has 1 saturated heterocycles. The zero-order valence-electron chi connectivity index (χ0n) is 7.85. The summed E-state index contributed by atoms with van der Waals surface area (Å²) < 4.78 is 5.18. The standard InChI is InChI=1S/C10H12N2O2/c13-10(9-1-3-11-4-2-9)12-5-7-14-8-6-12/h1-4H,5-8H2. The van der Waals surface area contributed by atoms with Crippen LogP contribution in [0.15, 0.2) is 24.5 Å². The first-order valence-electron chi connectivity index (χ1n) is 4.65. The Balaban J connectivity index is 2.07. The average Bonchev–Trinajstić information content (AvgIpc) is 2.30. The number of hydrogen-bond donors (Lipinski definition) is 0. The Kier molecular flexibility index (Phi) is 2.74. The summed E-state index contributed by atoms with van der Waals surface area (Å²) in [5, 5.41) is 0. The highest BCUT2D eigenvalue weighted by Crippen LogP contribution is 2.05. The lowest BCUT2D eigenvalue weighted by atomic mass is 10.2. The van der Waals surface area contributed by atoms with E-state index in [0.717, 1.165) is 0 Å². The van der Waals surface area contributed by atoms with E-state index in [2.05, 4.69) is 4.98 Å². The minimum Gasteiger partial charge on any atom is -0.378 e. The molecule has 1 amide bonds. The van der Waals surface area contributed by atoms with E-state index in [1.54, 1.807) is 29.4 Å². The van der Waals surface area contributed by atoms with E-state index >= 15 is 0 Å². The van der Waals surface area contributed by atoms with Gasteiger partial charge in [-0.1, -0.05) is 0 Å². The predicted octanol–water partition coefficient (Wildman–Crippen LogP) is 0.554. The van der Waals surface area contributed by atoms with Crippen LogP contribution >= 0.6 is 0 Å². The maximum atomic E-state index is 11.8. The first-order chi connectivity index (χ1) is 6.88. The summed E-state index contributed by atoms with van der Waals surface area (Å²) in [6.07, 6.45) is 3.27. The minimum atomic E-state index is 0.0655. The van der Waals surface area contributed by atoms with Crippen molar-refractivity contribution in [3.8, 4) is 0 Å². The summed E-state index contributed by atoms with van der Waals surface area (Å²) in [5.74, 6) is 0.0655. The number of aromatic nitrogens is 1. The van der Waals surface area contributed by atoms with E-state index in [-0.39, 0.29) is 5.91 Å². The molecular formula is C10H12N2O2. The van der Waals surface area contributed by atoms with E-state index in [1.165, 1.54) is 0 Å². The predicted molar refractivity (Wildman–Crippen MR) is 51.0 cm³/mol. The first kappa shape index (κ1) is 9.15. The number of carbonyl (C=O) groups excluding carboxylic acids is 1. The second kappa shape index (κ2) is 4.19. The van der Waals surface area contributed by atoms with Gasteiger partial charge in [-0.25, -0.2) is 0 Å². The van der Waals surface area contributed by atoms with Crippen molar-refractivity contribution in [2.45, 2.75) is 0 Å². The van der Waals surface area contributed by atoms with Crippen LogP contribution in [0.2, 0.25) is 0 Å². The van der Waals surface area contributed by atoms with Gasteiger partial charge < -0.3 is 9.64 Å². The van der Waals surface area contributed by atoms with Gasteiger partial charge in [0.25, 0.3) is 5.91 Å². The van der Waals surface area contributed by atoms with Crippen molar-refractivity contribution < 1.29 is 9.53 Å². The lowest BCUT2D eigenvalue weighted by molar-refractivity contribution is 0.0303. The molecule has 4 nitrogen and oxygen atoms in total. The number of hydrogen-bond acceptors (Lipinski definition) is 3. The molecule has 1 aliphatic rings. The molecule has 4 heteroatoms. The first-order valence-corrected chi connectivity index (χ1v) is 4.65. The molecule has 2 rings (SSSR count). The molecule has 0 spiro atoms. The molecular weight excluding hydrogens is 180 g/mol. The molecule has 74 valence electrons. The van der Waals surface area contributed by atoms with E-state index in [9.17, 15) is 4.79 Å². The Bertz CT molecular complexity index is 307. The monoisotopic (exact) mass is 192 g/mol. The minimum absolute atomic E-state index is 0.0655. The summed E-state index contributed by atoms with van der Waals surface area (Å²) in [7, 11) is 0. The molecule has 0 unspecified atom stereocenters. The average molecular weight is 192 g/mol. The van der Waals surface area contributed by atoms with E-state index in [0.29, 0.717) is 31.9 Å². The molecule has 0 aromatic carbocycles. The van der Waals surface area contributed by atoms with Gasteiger partial charge in [0.05, 0.1) is 13.2 Å². The molecule has 2 heterocycles. The highest BCUT2D eigenvalue weighted by molar-refractivity contribution is 5.94. The third-order valence-corrected chi connectivity index (χ3v) is 2.23. The van der Waals surface area contributed by atoms with Gasteiger partial charge in [0, 0.05) is 31.0 Å². The number of nitrogens with zero attached hydrogens (tertiary/aromatic N) is 2. The van der Waals surface area contributed by atoms with Crippen LogP contribution in [-0.4, -0.2) is 42.1 Å². The Hall–Kier alpha value is -1.42. The Labute approximate surface area is 82.5 Å². The third-order valence-electron chi connectivity index (χ3n) is 2.23. The lowest BCUT2D eigenvalue weighted by Gasteiger charge is -2.26. The molecule has 0 N–H and O–H groups in total. The zero-order valence-corrected chi connectivity index (χ0v) is 7.85. The van der Waals surface area contributed by atoms with Crippen LogP contribution in [0.5, 0.6) is 0 Å². The topological polar surface area (TPSA) is 42.4 Å². The quantitative estimate of drug-likeness (QED) is 0.652. The number of amides is 1. The fourth-order valence-corrected chi connectivity index (χ4v) is 1.44. The summed E-state index contributed by atoms with van der Waals surface area (Å²) in [5.41, 5.74) is 0.696. The fraction of sp³-hybridized carbons (Fsp3) is 0.400. The molecule has 0 saturated carbocycles. The van der Waals surface area contributed by atoms with Crippen LogP contribution in [0.1, 0.15) is 10.4 Å². The largest absolute Gasteiger partial charge is 0.378 e. The van der Waals surface area contributed by atoms with Crippen LogP contribution in [0, 0.1) is 0 Å². The molecule has 1 aromatic rings. The zero-order chi connectivity index (χ0) is 9.80. The van der Waals surface area contributed by atoms with Crippen LogP contribution in [0.25, 0.3) is 0 Å². The Morgan fingerprint density at radius 2 is 1.93 bits per heavy atom. The molecule has 1 aliphatic heterocycles. The maximum Gasteiger partial charge on any atom is 0.254 e. The highest BCUT2D eigenvalue weighted by atomic mass is 16.5. The van der Waals surface area contributed by atoms with Crippen LogP contribution < -0.4 is 0 Å². The van der Waals surface area contributed by atoms with Gasteiger partial charge in [-0.2, -0.15) is 0 Å². The van der Waals surface area contributed by atoms with E-state index in [1.807, 2.05) is 0 Å². The van der Waals surface area contributed by atoms with Gasteiger partial charge in [0.15, 0.2) is 0 Å². The van der Waals surface area contributed by atoms with Crippen molar-refractivity contribution in [1.82, 2.24) is 9.88 Å². The number of pyridine rings is 1. The summed E-state index contributed by atoms with van der Waals surface area (Å²) >= 11 is 0. The molecule has 1 aromatic heterocycles. The van der Waals surface area contributed by atoms with Gasteiger partial charge in [0.2, 0.25) is 0 Å². The Morgan fingerprint density at radius 1 is 1.29 bits per heavy atom. The summed E-state index contributed by atoms with van der Waals surface area (Å²) in [4.78, 5) is 17.5. The number of morpholine rings is 1. The van der Waals surface area contributed by atoms with Crippen molar-refractivity contribution in [2.75, 3.05) is 26.3 Å². The number of rotatable bonds is 1. The molecule has 0 radical (unpaired) electrons. The van der Waals surface area contributed by atoms with Gasteiger partial charge >= 0.3 is 0 Å². The molecule has 0 bridgehead atoms. The van der Waals surface area contributed by atoms with Crippen molar-refractivity contribution in [3.63, 3.8) is 0 Å². The van der Waals surface area contributed by atoms with Crippen molar-refractivity contribution in [2.24, 2.45) is 0 Å². The smallest absolute Gasteiger partial charge is 0.254 e. The van der Waals surface area contributed by atoms with Crippen molar-refractivity contribution in [1.29, 1.82) is 0 Å². The maximum absolute atomic E-state index is 11.8. The van der Waals surface area contributed by atoms with Crippen LogP contribution in [0.3, 0.4) is 0 Å². The Morgan fingerprint density at radius 3 is 2.57 bits per heavy atom. The summed E-state index contributed by atoms with van der Waals surface area (Å²) in [6.45, 7) is 2.63. The van der Waals surface area contributed by atoms with Crippen molar-refractivity contribution in [3.05, 3.63) is 30.1 Å². The second-order valence-electron chi connectivity index (χ2n) is 3.14. The van der Waals surface area contributed by atoms with Gasteiger partial charge in [-0.3, -0.25) is 9.78 Å². The molecule has 0 atom stereocenters. The number of ether oxygens (including phenoxy) is 1. The van der Waals surface area contributed by atoms with Crippen LogP contribution in [0.4, 0.5) is 0 Å². The third kappa shape index (κ3) is 1.90. The summed E-state index contributed by atoms with van der Waals surface area (Å²) in [6, 6.07) is 3.47. The second-order valence-corrected chi connectivity index (χ2v) is 3.14. The molecule has 0 aliphatic carbocycles. The van der Waals surface area contributed by atoms with E-state index < -0.39 is 0 Å². The SMILES string of the molecule is O=C(c1ccncc1)N1CCOCC1. The number of carbonyl (C=O) groups is 1. The van der Waals surface area contributed by atoms with Crippen molar-refractivity contribution >= 4 is 5.91 Å². The van der Waals surface area contributed by atoms with E-state index in [4.69, 9.17) is 4.74 Å². The molecule has 14 heavy (non-hydrogen) atoms. The van der Waals surface area contributed by atoms with Gasteiger partial charge in [-0.05, 0) is 12.1 Å².